The molecule has 11 heteroatoms. The normalized spacial score (nSPS) is 17.6. The zero-order valence-corrected chi connectivity index (χ0v) is 16.5. The van der Waals surface area contributed by atoms with Crippen LogP contribution in [0.5, 0.6) is 0 Å². The smallest absolute Gasteiger partial charge is 0.248 e. The molecule has 1 N–H and O–H groups in total. The van der Waals surface area contributed by atoms with E-state index in [1.54, 1.807) is 6.07 Å². The Balaban J connectivity index is 0.00000245. The van der Waals surface area contributed by atoms with Gasteiger partial charge in [0.15, 0.2) is 0 Å². The van der Waals surface area contributed by atoms with Gasteiger partial charge in [-0.1, -0.05) is 0 Å². The quantitative estimate of drug-likeness (QED) is 0.620. The summed E-state index contributed by atoms with van der Waals surface area (Å²) in [5, 5.41) is 7.00. The largest absolute Gasteiger partial charge is 0.378 e. The van der Waals surface area contributed by atoms with Crippen molar-refractivity contribution in [3.8, 4) is 5.69 Å². The number of hydrogen-bond donors (Lipinski definition) is 1. The van der Waals surface area contributed by atoms with Crippen molar-refractivity contribution in [1.82, 2.24) is 24.6 Å². The summed E-state index contributed by atoms with van der Waals surface area (Å²) in [6.45, 7) is 4.88. The molecule has 4 heterocycles. The van der Waals surface area contributed by atoms with E-state index in [0.717, 1.165) is 57.6 Å². The van der Waals surface area contributed by atoms with Gasteiger partial charge in [0.2, 0.25) is 11.9 Å². The maximum absolute atomic E-state index is 14.2. The molecule has 0 spiro atoms. The lowest BCUT2D eigenvalue weighted by Crippen LogP contribution is -2.56. The molecule has 2 saturated heterocycles. The van der Waals surface area contributed by atoms with E-state index in [-0.39, 0.29) is 18.9 Å². The average Bonchev–Trinajstić information content (AvgIpc) is 3.14. The van der Waals surface area contributed by atoms with E-state index in [9.17, 15) is 13.2 Å². The van der Waals surface area contributed by atoms with Crippen molar-refractivity contribution < 1.29 is 19.3 Å². The number of halogens is 3. The van der Waals surface area contributed by atoms with E-state index in [4.69, 9.17) is 4.74 Å². The summed E-state index contributed by atoms with van der Waals surface area (Å²) in [6.07, 6.45) is 1.31. The highest BCUT2D eigenvalue weighted by Crippen LogP contribution is 2.24. The molecule has 2 aliphatic rings. The predicted octanol–water partition coefficient (Wildman–Crippen LogP) is 2.59. The molecular weight excluding hydrogens is 411 g/mol. The molecular formula is C20H22F3N7O. The molecule has 0 saturated carbocycles. The Morgan fingerprint density at radius 3 is 2.35 bits per heavy atom. The molecule has 164 valence electrons. The Hall–Kier alpha value is -3.18. The van der Waals surface area contributed by atoms with E-state index < -0.39 is 17.6 Å². The van der Waals surface area contributed by atoms with Crippen molar-refractivity contribution >= 4 is 17.5 Å². The highest BCUT2D eigenvalue weighted by molar-refractivity contribution is 5.58. The number of pyridine rings is 1. The van der Waals surface area contributed by atoms with Gasteiger partial charge >= 0.3 is 0 Å². The second-order valence-electron chi connectivity index (χ2n) is 7.51. The Morgan fingerprint density at radius 1 is 0.935 bits per heavy atom. The van der Waals surface area contributed by atoms with Gasteiger partial charge in [-0.2, -0.15) is 9.37 Å². The van der Waals surface area contributed by atoms with Gasteiger partial charge in [0, 0.05) is 51.5 Å². The number of rotatable bonds is 5. The molecule has 0 atom stereocenters. The Morgan fingerprint density at radius 2 is 1.68 bits per heavy atom. The summed E-state index contributed by atoms with van der Waals surface area (Å²) in [5.74, 6) is -1.69. The molecule has 5 rings (SSSR count). The predicted molar refractivity (Wildman–Crippen MR) is 109 cm³/mol. The second-order valence-corrected chi connectivity index (χ2v) is 7.51. The van der Waals surface area contributed by atoms with Crippen LogP contribution in [0.1, 0.15) is 1.43 Å². The lowest BCUT2D eigenvalue weighted by molar-refractivity contribution is -0.0660. The third kappa shape index (κ3) is 4.32. The standard InChI is InChI=1S/C20H20F3N7O.H2/c21-13-5-14(22)7-16(6-13)30-12-24-20(27-30)26-19-9-15(8-18(23)25-19)28-1-3-29(4-2-28)17-10-31-11-17;/h5-9,12,17H,1-4,10-11H2,(H,25,26,27);1H. The zero-order valence-electron chi connectivity index (χ0n) is 16.5. The minimum atomic E-state index is -0.721. The SMILES string of the molecule is Fc1cc(F)cc(-n2cnc(Nc3cc(N4CCN(C5COC5)CC4)cc(F)n3)n2)c1.[HH]. The molecule has 1 aromatic carbocycles. The number of ether oxygens (including phenoxy) is 1. The van der Waals surface area contributed by atoms with Crippen LogP contribution in [-0.2, 0) is 4.74 Å². The van der Waals surface area contributed by atoms with Crippen LogP contribution in [0, 0.1) is 17.6 Å². The number of piperazine rings is 1. The number of hydrogen-bond acceptors (Lipinski definition) is 7. The minimum absolute atomic E-state index is 0. The molecule has 0 unspecified atom stereocenters. The summed E-state index contributed by atoms with van der Waals surface area (Å²) in [7, 11) is 0. The van der Waals surface area contributed by atoms with Crippen LogP contribution < -0.4 is 10.2 Å². The van der Waals surface area contributed by atoms with Gasteiger partial charge in [-0.3, -0.25) is 4.90 Å². The molecule has 0 radical (unpaired) electrons. The minimum Gasteiger partial charge on any atom is -0.378 e. The van der Waals surface area contributed by atoms with Crippen LogP contribution >= 0.6 is 0 Å². The molecule has 8 nitrogen and oxygen atoms in total. The van der Waals surface area contributed by atoms with E-state index in [1.807, 2.05) is 0 Å². The third-order valence-corrected chi connectivity index (χ3v) is 5.44. The molecule has 0 amide bonds. The second kappa shape index (κ2) is 8.16. The first kappa shape index (κ1) is 19.8. The molecule has 2 aromatic heterocycles. The fourth-order valence-electron chi connectivity index (χ4n) is 3.74. The van der Waals surface area contributed by atoms with Gasteiger partial charge in [-0.05, 0) is 12.1 Å². The topological polar surface area (TPSA) is 71.3 Å². The maximum Gasteiger partial charge on any atom is 0.248 e. The third-order valence-electron chi connectivity index (χ3n) is 5.44. The zero-order chi connectivity index (χ0) is 21.4. The van der Waals surface area contributed by atoms with Crippen LogP contribution in [0.3, 0.4) is 0 Å². The fourth-order valence-corrected chi connectivity index (χ4v) is 3.74. The number of nitrogens with one attached hydrogen (secondary N) is 1. The van der Waals surface area contributed by atoms with Crippen LogP contribution in [0.2, 0.25) is 0 Å². The van der Waals surface area contributed by atoms with Crippen molar-refractivity contribution in [2.45, 2.75) is 6.04 Å². The van der Waals surface area contributed by atoms with Gasteiger partial charge in [-0.15, -0.1) is 5.10 Å². The molecule has 3 aromatic rings. The van der Waals surface area contributed by atoms with Crippen molar-refractivity contribution in [3.63, 3.8) is 0 Å². The monoisotopic (exact) mass is 433 g/mol. The molecule has 31 heavy (non-hydrogen) atoms. The highest BCUT2D eigenvalue weighted by Gasteiger charge is 2.29. The van der Waals surface area contributed by atoms with E-state index >= 15 is 0 Å². The molecule has 2 aliphatic heterocycles. The summed E-state index contributed by atoms with van der Waals surface area (Å²) >= 11 is 0. The van der Waals surface area contributed by atoms with Crippen molar-refractivity contribution in [1.29, 1.82) is 0 Å². The summed E-state index contributed by atoms with van der Waals surface area (Å²) in [5.41, 5.74) is 0.895. The van der Waals surface area contributed by atoms with Crippen molar-refractivity contribution in [2.75, 3.05) is 49.6 Å². The van der Waals surface area contributed by atoms with E-state index in [0.29, 0.717) is 11.7 Å². The summed E-state index contributed by atoms with van der Waals surface area (Å²) < 4.78 is 47.5. The van der Waals surface area contributed by atoms with E-state index in [1.165, 1.54) is 17.1 Å². The summed E-state index contributed by atoms with van der Waals surface area (Å²) in [4.78, 5) is 12.4. The van der Waals surface area contributed by atoms with Crippen LogP contribution in [0.15, 0.2) is 36.7 Å². The first-order chi connectivity index (χ1) is 15.0. The Labute approximate surface area is 177 Å². The van der Waals surface area contributed by atoms with Gasteiger partial charge in [0.05, 0.1) is 24.9 Å². The summed E-state index contributed by atoms with van der Waals surface area (Å²) in [6, 6.07) is 6.66. The number of anilines is 3. The first-order valence-corrected chi connectivity index (χ1v) is 9.93. The van der Waals surface area contributed by atoms with Crippen molar-refractivity contribution in [3.05, 3.63) is 54.2 Å². The number of benzene rings is 1. The van der Waals surface area contributed by atoms with Crippen LogP contribution in [-0.4, -0.2) is 70.1 Å². The Bertz CT molecular complexity index is 1070. The van der Waals surface area contributed by atoms with Crippen molar-refractivity contribution in [2.24, 2.45) is 0 Å². The van der Waals surface area contributed by atoms with E-state index in [2.05, 4.69) is 30.2 Å². The fraction of sp³-hybridized carbons (Fsp3) is 0.350. The number of aromatic nitrogens is 4. The average molecular weight is 433 g/mol. The molecule has 2 fully saturated rings. The van der Waals surface area contributed by atoms with Gasteiger partial charge in [0.25, 0.3) is 0 Å². The highest BCUT2D eigenvalue weighted by atomic mass is 19.1. The molecule has 0 aliphatic carbocycles. The lowest BCUT2D eigenvalue weighted by Gasteiger charge is -2.43. The Kier molecular flexibility index (Phi) is 5.20. The van der Waals surface area contributed by atoms with Crippen LogP contribution in [0.25, 0.3) is 5.69 Å². The first-order valence-electron chi connectivity index (χ1n) is 9.93. The van der Waals surface area contributed by atoms with Gasteiger partial charge in [0.1, 0.15) is 23.8 Å². The van der Waals surface area contributed by atoms with Crippen LogP contribution in [0.4, 0.5) is 30.6 Å². The molecule has 0 bridgehead atoms. The van der Waals surface area contributed by atoms with Gasteiger partial charge in [-0.25, -0.2) is 18.4 Å². The van der Waals surface area contributed by atoms with Gasteiger partial charge < -0.3 is 15.0 Å². The lowest BCUT2D eigenvalue weighted by atomic mass is 10.1. The number of nitrogens with zero attached hydrogens (tertiary/aromatic N) is 6. The maximum atomic E-state index is 14.2.